The lowest BCUT2D eigenvalue weighted by Gasteiger charge is -2.39. The number of rotatable bonds is 2. The summed E-state index contributed by atoms with van der Waals surface area (Å²) in [7, 11) is 0. The number of aryl methyl sites for hydroxylation is 1. The summed E-state index contributed by atoms with van der Waals surface area (Å²) < 4.78 is 1.13. The lowest BCUT2D eigenvalue weighted by atomic mass is 9.89. The fourth-order valence-corrected chi connectivity index (χ4v) is 2.96. The van der Waals surface area contributed by atoms with Crippen LogP contribution in [-0.4, -0.2) is 30.3 Å². The van der Waals surface area contributed by atoms with Crippen LogP contribution in [0.2, 0.25) is 0 Å². The summed E-state index contributed by atoms with van der Waals surface area (Å²) in [4.78, 5) is 2.32. The lowest BCUT2D eigenvalue weighted by molar-refractivity contribution is 0.170. The molecule has 0 atom stereocenters. The fraction of sp³-hybridized carbons (Fsp3) is 0.538. The molecule has 3 nitrogen and oxygen atoms in total. The van der Waals surface area contributed by atoms with Gasteiger partial charge in [0.05, 0.1) is 12.3 Å². The number of halogens is 1. The molecule has 17 heavy (non-hydrogen) atoms. The van der Waals surface area contributed by atoms with E-state index in [0.29, 0.717) is 0 Å². The molecule has 1 aromatic rings. The number of nitrogens with two attached hydrogens (primary N) is 1. The van der Waals surface area contributed by atoms with Crippen molar-refractivity contribution in [3.05, 3.63) is 28.2 Å². The van der Waals surface area contributed by atoms with Gasteiger partial charge < -0.3 is 15.7 Å². The minimum Gasteiger partial charge on any atom is -0.394 e. The van der Waals surface area contributed by atoms with E-state index in [9.17, 15) is 5.11 Å². The largest absolute Gasteiger partial charge is 0.394 e. The van der Waals surface area contributed by atoms with Crippen LogP contribution in [0.4, 0.5) is 5.69 Å². The van der Waals surface area contributed by atoms with Crippen molar-refractivity contribution in [1.29, 1.82) is 0 Å². The molecule has 4 heteroatoms. The van der Waals surface area contributed by atoms with Crippen LogP contribution in [0.3, 0.4) is 0 Å². The smallest absolute Gasteiger partial charge is 0.0612 e. The monoisotopic (exact) mass is 298 g/mol. The van der Waals surface area contributed by atoms with Crippen LogP contribution in [0.15, 0.2) is 22.7 Å². The molecule has 3 N–H and O–H groups in total. The van der Waals surface area contributed by atoms with Gasteiger partial charge in [-0.1, -0.05) is 6.07 Å². The second-order valence-corrected chi connectivity index (χ2v) is 5.82. The van der Waals surface area contributed by atoms with Crippen molar-refractivity contribution in [2.75, 3.05) is 24.6 Å². The molecular formula is C13H19BrN2O. The molecule has 2 rings (SSSR count). The number of aliphatic hydroxyl groups excluding tert-OH is 1. The summed E-state index contributed by atoms with van der Waals surface area (Å²) >= 11 is 3.61. The number of hydrogen-bond acceptors (Lipinski definition) is 3. The Morgan fingerprint density at radius 1 is 1.41 bits per heavy atom. The number of benzene rings is 1. The average molecular weight is 299 g/mol. The molecule has 0 unspecified atom stereocenters. The van der Waals surface area contributed by atoms with Crippen LogP contribution in [0.5, 0.6) is 0 Å². The van der Waals surface area contributed by atoms with Crippen molar-refractivity contribution >= 4 is 21.6 Å². The van der Waals surface area contributed by atoms with Gasteiger partial charge in [-0.15, -0.1) is 0 Å². The van der Waals surface area contributed by atoms with Gasteiger partial charge in [-0.3, -0.25) is 0 Å². The van der Waals surface area contributed by atoms with Crippen molar-refractivity contribution in [3.63, 3.8) is 0 Å². The first-order valence-electron chi connectivity index (χ1n) is 5.95. The predicted octanol–water partition coefficient (Wildman–Crippen LogP) is 2.05. The molecular weight excluding hydrogens is 280 g/mol. The summed E-state index contributed by atoms with van der Waals surface area (Å²) in [5, 5.41) is 9.25. The van der Waals surface area contributed by atoms with Gasteiger partial charge in [0.1, 0.15) is 0 Å². The number of hydrogen-bond donors (Lipinski definition) is 2. The van der Waals surface area contributed by atoms with Gasteiger partial charge in [0.2, 0.25) is 0 Å². The van der Waals surface area contributed by atoms with Gasteiger partial charge in [-0.25, -0.2) is 0 Å². The molecule has 1 aliphatic rings. The molecule has 0 aliphatic carbocycles. The second kappa shape index (κ2) is 4.96. The third-order valence-electron chi connectivity index (χ3n) is 3.52. The fourth-order valence-electron chi connectivity index (χ4n) is 2.22. The van der Waals surface area contributed by atoms with Gasteiger partial charge in [-0.2, -0.15) is 0 Å². The van der Waals surface area contributed by atoms with Crippen molar-refractivity contribution in [1.82, 2.24) is 0 Å². The lowest BCUT2D eigenvalue weighted by Crippen LogP contribution is -2.53. The third-order valence-corrected chi connectivity index (χ3v) is 4.15. The van der Waals surface area contributed by atoms with Gasteiger partial charge in [-0.05, 0) is 53.4 Å². The Bertz CT molecular complexity index is 400. The highest BCUT2D eigenvalue weighted by Crippen LogP contribution is 2.31. The predicted molar refractivity (Wildman–Crippen MR) is 74.3 cm³/mol. The minimum absolute atomic E-state index is 0.0793. The number of nitrogens with zero attached hydrogens (tertiary/aromatic N) is 1. The Kier molecular flexibility index (Phi) is 3.76. The highest BCUT2D eigenvalue weighted by Gasteiger charge is 2.30. The summed E-state index contributed by atoms with van der Waals surface area (Å²) in [6.07, 6.45) is 1.67. The zero-order valence-electron chi connectivity index (χ0n) is 10.1. The zero-order valence-corrected chi connectivity index (χ0v) is 11.7. The summed E-state index contributed by atoms with van der Waals surface area (Å²) in [5.41, 5.74) is 8.16. The maximum Gasteiger partial charge on any atom is 0.0612 e. The van der Waals surface area contributed by atoms with E-state index in [-0.39, 0.29) is 12.1 Å². The molecule has 0 spiro atoms. The Labute approximate surface area is 111 Å². The van der Waals surface area contributed by atoms with E-state index >= 15 is 0 Å². The topological polar surface area (TPSA) is 49.5 Å². The van der Waals surface area contributed by atoms with Crippen LogP contribution in [0.25, 0.3) is 0 Å². The van der Waals surface area contributed by atoms with Gasteiger partial charge in [0.15, 0.2) is 0 Å². The van der Waals surface area contributed by atoms with E-state index in [4.69, 9.17) is 5.73 Å². The van der Waals surface area contributed by atoms with E-state index < -0.39 is 0 Å². The van der Waals surface area contributed by atoms with E-state index in [1.807, 2.05) is 0 Å². The molecule has 1 saturated heterocycles. The van der Waals surface area contributed by atoms with Crippen molar-refractivity contribution in [2.45, 2.75) is 25.3 Å². The molecule has 0 bridgehead atoms. The molecule has 94 valence electrons. The van der Waals surface area contributed by atoms with Crippen LogP contribution in [-0.2, 0) is 0 Å². The van der Waals surface area contributed by atoms with Crippen LogP contribution in [0, 0.1) is 6.92 Å². The minimum atomic E-state index is -0.381. The van der Waals surface area contributed by atoms with E-state index in [1.165, 1.54) is 11.3 Å². The zero-order chi connectivity index (χ0) is 12.5. The Hall–Kier alpha value is -0.580. The highest BCUT2D eigenvalue weighted by molar-refractivity contribution is 9.10. The number of piperidine rings is 1. The standard InChI is InChI=1S/C13H19BrN2O/c1-10-2-3-12(11(14)8-10)16-6-4-13(15,9-17)5-7-16/h2-3,8,17H,4-7,9,15H2,1H3. The molecule has 1 heterocycles. The maximum absolute atomic E-state index is 9.25. The summed E-state index contributed by atoms with van der Waals surface area (Å²) in [6, 6.07) is 6.39. The van der Waals surface area contributed by atoms with Gasteiger partial charge in [0, 0.05) is 23.1 Å². The third kappa shape index (κ3) is 2.81. The SMILES string of the molecule is Cc1ccc(N2CCC(N)(CO)CC2)c(Br)c1. The normalized spacial score (nSPS) is 19.4. The Morgan fingerprint density at radius 3 is 2.59 bits per heavy atom. The first kappa shape index (κ1) is 12.9. The van der Waals surface area contributed by atoms with Crippen molar-refractivity contribution in [2.24, 2.45) is 5.73 Å². The summed E-state index contributed by atoms with van der Waals surface area (Å²) in [6.45, 7) is 3.97. The molecule has 1 fully saturated rings. The average Bonchev–Trinajstić information content (AvgIpc) is 2.31. The maximum atomic E-state index is 9.25. The van der Waals surface area contributed by atoms with E-state index in [1.54, 1.807) is 0 Å². The van der Waals surface area contributed by atoms with Crippen LogP contribution < -0.4 is 10.6 Å². The molecule has 1 aromatic carbocycles. The molecule has 0 amide bonds. The van der Waals surface area contributed by atoms with Crippen LogP contribution in [0.1, 0.15) is 18.4 Å². The summed E-state index contributed by atoms with van der Waals surface area (Å²) in [5.74, 6) is 0. The van der Waals surface area contributed by atoms with Gasteiger partial charge >= 0.3 is 0 Å². The molecule has 0 aromatic heterocycles. The number of aliphatic hydroxyl groups is 1. The first-order chi connectivity index (χ1) is 8.04. The Balaban J connectivity index is 2.10. The highest BCUT2D eigenvalue weighted by atomic mass is 79.9. The first-order valence-corrected chi connectivity index (χ1v) is 6.74. The van der Waals surface area contributed by atoms with Crippen molar-refractivity contribution in [3.8, 4) is 0 Å². The Morgan fingerprint density at radius 2 is 2.06 bits per heavy atom. The molecule has 0 saturated carbocycles. The second-order valence-electron chi connectivity index (χ2n) is 4.96. The van der Waals surface area contributed by atoms with E-state index in [2.05, 4.69) is 46.0 Å². The quantitative estimate of drug-likeness (QED) is 0.878. The van der Waals surface area contributed by atoms with Gasteiger partial charge in [0.25, 0.3) is 0 Å². The molecule has 0 radical (unpaired) electrons. The van der Waals surface area contributed by atoms with Crippen molar-refractivity contribution < 1.29 is 5.11 Å². The van der Waals surface area contributed by atoms with E-state index in [0.717, 1.165) is 30.4 Å². The van der Waals surface area contributed by atoms with Crippen LogP contribution >= 0.6 is 15.9 Å². The number of anilines is 1. The molecule has 1 aliphatic heterocycles.